The Hall–Kier alpha value is -2.48. The first-order valence-electron chi connectivity index (χ1n) is 6.65. The summed E-state index contributed by atoms with van der Waals surface area (Å²) >= 11 is 0. The monoisotopic (exact) mass is 290 g/mol. The lowest BCUT2D eigenvalue weighted by Crippen LogP contribution is -2.29. The van der Waals surface area contributed by atoms with Crippen LogP contribution in [0.1, 0.15) is 12.8 Å². The molecule has 0 spiro atoms. The van der Waals surface area contributed by atoms with Crippen LogP contribution in [0.3, 0.4) is 0 Å². The molecule has 110 valence electrons. The number of aliphatic hydroxyl groups excluding tert-OH is 1. The summed E-state index contributed by atoms with van der Waals surface area (Å²) in [4.78, 5) is 30.8. The van der Waals surface area contributed by atoms with Gasteiger partial charge in [-0.3, -0.25) is 14.9 Å². The topological polar surface area (TPSA) is 112 Å². The van der Waals surface area contributed by atoms with Gasteiger partial charge in [0.2, 0.25) is 0 Å². The van der Waals surface area contributed by atoms with E-state index in [1.54, 1.807) is 6.07 Å². The minimum absolute atomic E-state index is 0.0888. The van der Waals surface area contributed by atoms with Crippen LogP contribution in [-0.2, 0) is 0 Å². The second kappa shape index (κ2) is 5.13. The number of hydrogen-bond donors (Lipinski definition) is 2. The molecule has 1 heterocycles. The van der Waals surface area contributed by atoms with Crippen LogP contribution in [0.15, 0.2) is 23.3 Å². The van der Waals surface area contributed by atoms with Crippen LogP contribution in [0.5, 0.6) is 0 Å². The minimum Gasteiger partial charge on any atom is -0.395 e. The van der Waals surface area contributed by atoms with Gasteiger partial charge in [-0.2, -0.15) is 0 Å². The lowest BCUT2D eigenvalue weighted by Gasteiger charge is -2.23. The summed E-state index contributed by atoms with van der Waals surface area (Å²) in [6.45, 7) is 0.231. The molecule has 0 unspecified atom stereocenters. The summed E-state index contributed by atoms with van der Waals surface area (Å²) in [5, 5.41) is 20.7. The fourth-order valence-corrected chi connectivity index (χ4v) is 2.46. The number of benzene rings is 1. The molecule has 1 aromatic carbocycles. The predicted octanol–water partition coefficient (Wildman–Crippen LogP) is 0.792. The first-order chi connectivity index (χ1) is 10.1. The molecule has 2 N–H and O–H groups in total. The first-order valence-corrected chi connectivity index (χ1v) is 6.65. The number of H-pyrrole nitrogens is 1. The average Bonchev–Trinajstić information content (AvgIpc) is 3.28. The largest absolute Gasteiger partial charge is 0.395 e. The number of anilines is 1. The van der Waals surface area contributed by atoms with Crippen LogP contribution in [0, 0.1) is 10.1 Å². The molecule has 0 aliphatic heterocycles. The Morgan fingerprint density at radius 3 is 2.86 bits per heavy atom. The van der Waals surface area contributed by atoms with Gasteiger partial charge in [0, 0.05) is 18.7 Å². The standard InChI is InChI=1S/C13H14N4O4/c18-4-3-16(8-1-2-8)11-6-10-9(5-12(11)17(20)21)13(19)15-7-14-10/h5-8,18H,1-4H2,(H,14,15,19). The highest BCUT2D eigenvalue weighted by Crippen LogP contribution is 2.38. The molecule has 0 bridgehead atoms. The Morgan fingerprint density at radius 1 is 1.48 bits per heavy atom. The summed E-state index contributed by atoms with van der Waals surface area (Å²) in [5.41, 5.74) is 0.265. The van der Waals surface area contributed by atoms with E-state index in [0.717, 1.165) is 12.8 Å². The predicted molar refractivity (Wildman–Crippen MR) is 76.5 cm³/mol. The van der Waals surface area contributed by atoms with Crippen molar-refractivity contribution < 1.29 is 10.0 Å². The lowest BCUT2D eigenvalue weighted by atomic mass is 10.1. The molecule has 2 aromatic rings. The molecule has 1 aliphatic rings. The van der Waals surface area contributed by atoms with Crippen LogP contribution in [-0.4, -0.2) is 39.2 Å². The van der Waals surface area contributed by atoms with Crippen molar-refractivity contribution >= 4 is 22.3 Å². The second-order valence-corrected chi connectivity index (χ2v) is 5.00. The second-order valence-electron chi connectivity index (χ2n) is 5.00. The third-order valence-corrected chi connectivity index (χ3v) is 3.57. The molecule has 0 atom stereocenters. The van der Waals surface area contributed by atoms with Gasteiger partial charge in [0.05, 0.1) is 28.8 Å². The van der Waals surface area contributed by atoms with E-state index in [1.807, 2.05) is 4.90 Å². The van der Waals surface area contributed by atoms with Crippen LogP contribution in [0.2, 0.25) is 0 Å². The number of nitrogens with one attached hydrogen (secondary N) is 1. The third-order valence-electron chi connectivity index (χ3n) is 3.57. The Bertz CT molecular complexity index is 753. The number of nitro benzene ring substituents is 1. The van der Waals surface area contributed by atoms with E-state index in [2.05, 4.69) is 9.97 Å². The van der Waals surface area contributed by atoms with Gasteiger partial charge in [0.1, 0.15) is 5.69 Å². The van der Waals surface area contributed by atoms with Crippen LogP contribution in [0.4, 0.5) is 11.4 Å². The van der Waals surface area contributed by atoms with Gasteiger partial charge in [0.15, 0.2) is 0 Å². The number of fused-ring (bicyclic) bond motifs is 1. The van der Waals surface area contributed by atoms with Gasteiger partial charge < -0.3 is 15.0 Å². The lowest BCUT2D eigenvalue weighted by molar-refractivity contribution is -0.384. The number of hydrogen-bond acceptors (Lipinski definition) is 6. The van der Waals surface area contributed by atoms with E-state index in [0.29, 0.717) is 17.7 Å². The maximum Gasteiger partial charge on any atom is 0.293 e. The summed E-state index contributed by atoms with van der Waals surface area (Å²) < 4.78 is 0. The molecule has 1 aliphatic carbocycles. The maximum absolute atomic E-state index is 11.7. The summed E-state index contributed by atoms with van der Waals surface area (Å²) in [6.07, 6.45) is 3.16. The molecule has 1 aromatic heterocycles. The van der Waals surface area contributed by atoms with Gasteiger partial charge >= 0.3 is 0 Å². The zero-order valence-corrected chi connectivity index (χ0v) is 11.2. The van der Waals surface area contributed by atoms with E-state index < -0.39 is 10.5 Å². The molecular weight excluding hydrogens is 276 g/mol. The average molecular weight is 290 g/mol. The summed E-state index contributed by atoms with van der Waals surface area (Å²) in [7, 11) is 0. The number of nitro groups is 1. The number of aliphatic hydroxyl groups is 1. The highest BCUT2D eigenvalue weighted by molar-refractivity contribution is 5.87. The van der Waals surface area contributed by atoms with Gasteiger partial charge in [-0.05, 0) is 18.9 Å². The molecule has 0 saturated heterocycles. The molecule has 1 fully saturated rings. The molecule has 0 radical (unpaired) electrons. The smallest absolute Gasteiger partial charge is 0.293 e. The molecular formula is C13H14N4O4. The Kier molecular flexibility index (Phi) is 3.30. The van der Waals surface area contributed by atoms with Crippen LogP contribution in [0.25, 0.3) is 10.9 Å². The van der Waals surface area contributed by atoms with Crippen molar-refractivity contribution in [1.29, 1.82) is 0 Å². The van der Waals surface area contributed by atoms with Gasteiger partial charge in [0.25, 0.3) is 11.2 Å². The Labute approximate surface area is 119 Å². The van der Waals surface area contributed by atoms with E-state index in [-0.39, 0.29) is 23.7 Å². The van der Waals surface area contributed by atoms with Crippen molar-refractivity contribution in [1.82, 2.24) is 9.97 Å². The third kappa shape index (κ3) is 2.45. The maximum atomic E-state index is 11.7. The number of nitrogens with zero attached hydrogens (tertiary/aromatic N) is 3. The fourth-order valence-electron chi connectivity index (χ4n) is 2.46. The SMILES string of the molecule is O=c1[nH]cnc2cc(N(CCO)C3CC3)c([N+](=O)[O-])cc12. The Balaban J connectivity index is 2.21. The molecule has 3 rings (SSSR count). The van der Waals surface area contributed by atoms with Crippen molar-refractivity contribution in [3.63, 3.8) is 0 Å². The van der Waals surface area contributed by atoms with Crippen molar-refractivity contribution in [2.75, 3.05) is 18.1 Å². The van der Waals surface area contributed by atoms with Crippen molar-refractivity contribution in [3.8, 4) is 0 Å². The van der Waals surface area contributed by atoms with E-state index in [4.69, 9.17) is 0 Å². The van der Waals surface area contributed by atoms with Crippen molar-refractivity contribution in [2.45, 2.75) is 18.9 Å². The van der Waals surface area contributed by atoms with E-state index >= 15 is 0 Å². The molecule has 1 saturated carbocycles. The Morgan fingerprint density at radius 2 is 2.24 bits per heavy atom. The van der Waals surface area contributed by atoms with E-state index in [9.17, 15) is 20.0 Å². The van der Waals surface area contributed by atoms with E-state index in [1.165, 1.54) is 12.4 Å². The first kappa shape index (κ1) is 13.5. The number of rotatable bonds is 5. The highest BCUT2D eigenvalue weighted by atomic mass is 16.6. The van der Waals surface area contributed by atoms with Gasteiger partial charge in [-0.15, -0.1) is 0 Å². The summed E-state index contributed by atoms with van der Waals surface area (Å²) in [5.74, 6) is 0. The van der Waals surface area contributed by atoms with Crippen LogP contribution >= 0.6 is 0 Å². The summed E-state index contributed by atoms with van der Waals surface area (Å²) in [6, 6.07) is 3.01. The van der Waals surface area contributed by atoms with Crippen LogP contribution < -0.4 is 10.5 Å². The highest BCUT2D eigenvalue weighted by Gasteiger charge is 2.33. The molecule has 21 heavy (non-hydrogen) atoms. The normalized spacial score (nSPS) is 14.3. The number of aromatic nitrogens is 2. The number of aromatic amines is 1. The molecule has 8 heteroatoms. The van der Waals surface area contributed by atoms with Gasteiger partial charge in [-0.1, -0.05) is 0 Å². The zero-order valence-electron chi connectivity index (χ0n) is 11.2. The molecule has 8 nitrogen and oxygen atoms in total. The van der Waals surface area contributed by atoms with Crippen molar-refractivity contribution in [2.24, 2.45) is 0 Å². The van der Waals surface area contributed by atoms with Gasteiger partial charge in [-0.25, -0.2) is 4.98 Å². The zero-order chi connectivity index (χ0) is 15.0. The molecule has 0 amide bonds. The van der Waals surface area contributed by atoms with Crippen molar-refractivity contribution in [3.05, 3.63) is 38.9 Å². The minimum atomic E-state index is -0.506. The quantitative estimate of drug-likeness (QED) is 0.622. The fraction of sp³-hybridized carbons (Fsp3) is 0.385.